The number of benzene rings is 1. The summed E-state index contributed by atoms with van der Waals surface area (Å²) >= 11 is 0. The number of hydrogen-bond acceptors (Lipinski definition) is 2. The van der Waals surface area contributed by atoms with Gasteiger partial charge in [-0.1, -0.05) is 6.07 Å². The van der Waals surface area contributed by atoms with Crippen molar-refractivity contribution in [3.05, 3.63) is 28.8 Å². The summed E-state index contributed by atoms with van der Waals surface area (Å²) in [5.41, 5.74) is 8.88. The highest BCUT2D eigenvalue weighted by molar-refractivity contribution is 6.00. The van der Waals surface area contributed by atoms with Crippen LogP contribution in [0.3, 0.4) is 0 Å². The lowest BCUT2D eigenvalue weighted by atomic mass is 10.0. The average molecular weight is 192 g/mol. The van der Waals surface area contributed by atoms with Crippen LogP contribution in [0.4, 0.5) is 0 Å². The Morgan fingerprint density at radius 2 is 2.00 bits per heavy atom. The zero-order valence-corrected chi connectivity index (χ0v) is 9.09. The molecule has 0 saturated carbocycles. The molecule has 0 bridgehead atoms. The van der Waals surface area contributed by atoms with Crippen LogP contribution < -0.4 is 10.5 Å². The summed E-state index contributed by atoms with van der Waals surface area (Å²) in [7, 11) is 3.32. The summed E-state index contributed by atoms with van der Waals surface area (Å²) < 4.78 is 5.29. The normalized spacial score (nSPS) is 11.6. The van der Waals surface area contributed by atoms with Gasteiger partial charge in [-0.25, -0.2) is 0 Å². The summed E-state index contributed by atoms with van der Waals surface area (Å²) in [6.45, 7) is 4.02. The van der Waals surface area contributed by atoms with Gasteiger partial charge in [-0.15, -0.1) is 0 Å². The first-order valence-electron chi connectivity index (χ1n) is 4.48. The third-order valence-electron chi connectivity index (χ3n) is 2.14. The summed E-state index contributed by atoms with van der Waals surface area (Å²) in [6, 6.07) is 4.04. The number of aliphatic imine (C=N–C) groups is 1. The molecule has 0 atom stereocenters. The molecule has 0 radical (unpaired) electrons. The molecule has 0 unspecified atom stereocenters. The van der Waals surface area contributed by atoms with Gasteiger partial charge in [0.2, 0.25) is 0 Å². The number of methoxy groups -OCH3 is 1. The van der Waals surface area contributed by atoms with E-state index < -0.39 is 0 Å². The second-order valence-electron chi connectivity index (χ2n) is 3.27. The van der Waals surface area contributed by atoms with E-state index >= 15 is 0 Å². The molecular formula is C11H16N2O. The molecule has 0 heterocycles. The van der Waals surface area contributed by atoms with Gasteiger partial charge in [0.15, 0.2) is 0 Å². The fraction of sp³-hybridized carbons (Fsp3) is 0.364. The smallest absolute Gasteiger partial charge is 0.132 e. The Labute approximate surface area is 84.6 Å². The molecule has 3 nitrogen and oxygen atoms in total. The van der Waals surface area contributed by atoms with Crippen LogP contribution in [-0.4, -0.2) is 20.0 Å². The van der Waals surface area contributed by atoms with Crippen molar-refractivity contribution in [2.24, 2.45) is 10.7 Å². The largest absolute Gasteiger partial charge is 0.496 e. The molecule has 0 fully saturated rings. The van der Waals surface area contributed by atoms with Crippen molar-refractivity contribution in [1.29, 1.82) is 0 Å². The van der Waals surface area contributed by atoms with E-state index in [1.165, 1.54) is 0 Å². The van der Waals surface area contributed by atoms with Crippen molar-refractivity contribution in [2.75, 3.05) is 14.2 Å². The summed E-state index contributed by atoms with van der Waals surface area (Å²) in [5, 5.41) is 0. The van der Waals surface area contributed by atoms with Gasteiger partial charge in [-0.2, -0.15) is 0 Å². The maximum Gasteiger partial charge on any atom is 0.132 e. The van der Waals surface area contributed by atoms with Crippen LogP contribution in [0.1, 0.15) is 16.7 Å². The molecule has 1 rings (SSSR count). The Kier molecular flexibility index (Phi) is 3.12. The topological polar surface area (TPSA) is 47.6 Å². The predicted molar refractivity (Wildman–Crippen MR) is 59.1 cm³/mol. The minimum absolute atomic E-state index is 0.508. The van der Waals surface area contributed by atoms with Gasteiger partial charge in [-0.3, -0.25) is 4.99 Å². The molecule has 0 saturated heterocycles. The van der Waals surface area contributed by atoms with Crippen molar-refractivity contribution >= 4 is 5.84 Å². The van der Waals surface area contributed by atoms with Gasteiger partial charge in [-0.05, 0) is 31.0 Å². The van der Waals surface area contributed by atoms with Crippen molar-refractivity contribution in [3.8, 4) is 5.75 Å². The number of nitrogens with zero attached hydrogens (tertiary/aromatic N) is 1. The van der Waals surface area contributed by atoms with Crippen molar-refractivity contribution in [2.45, 2.75) is 13.8 Å². The van der Waals surface area contributed by atoms with Gasteiger partial charge in [0.25, 0.3) is 0 Å². The molecule has 0 aliphatic heterocycles. The van der Waals surface area contributed by atoms with Crippen LogP contribution in [0, 0.1) is 13.8 Å². The predicted octanol–water partition coefficient (Wildman–Crippen LogP) is 1.65. The number of aryl methyl sites for hydroxylation is 2. The maximum atomic E-state index is 5.78. The highest BCUT2D eigenvalue weighted by Crippen LogP contribution is 2.24. The fourth-order valence-electron chi connectivity index (χ4n) is 1.54. The number of rotatable bonds is 2. The van der Waals surface area contributed by atoms with E-state index in [1.54, 1.807) is 14.2 Å². The SMILES string of the molecule is CN=C(N)c1cc(C)cc(C)c1OC. The maximum absolute atomic E-state index is 5.78. The molecular weight excluding hydrogens is 176 g/mol. The quantitative estimate of drug-likeness (QED) is 0.572. The number of amidine groups is 1. The molecule has 76 valence electrons. The second-order valence-corrected chi connectivity index (χ2v) is 3.27. The fourth-order valence-corrected chi connectivity index (χ4v) is 1.54. The standard InChI is InChI=1S/C11H16N2O/c1-7-5-8(2)10(14-4)9(6-7)11(12)13-3/h5-6H,1-4H3,(H2,12,13). The zero-order valence-electron chi connectivity index (χ0n) is 9.09. The van der Waals surface area contributed by atoms with Gasteiger partial charge in [0.05, 0.1) is 12.7 Å². The number of hydrogen-bond donors (Lipinski definition) is 1. The first-order chi connectivity index (χ1) is 6.60. The Morgan fingerprint density at radius 1 is 1.36 bits per heavy atom. The molecule has 1 aromatic carbocycles. The number of ether oxygens (including phenoxy) is 1. The van der Waals surface area contributed by atoms with Gasteiger partial charge < -0.3 is 10.5 Å². The van der Waals surface area contributed by atoms with Gasteiger partial charge >= 0.3 is 0 Å². The Morgan fingerprint density at radius 3 is 2.50 bits per heavy atom. The van der Waals surface area contributed by atoms with E-state index in [-0.39, 0.29) is 0 Å². The third-order valence-corrected chi connectivity index (χ3v) is 2.14. The Hall–Kier alpha value is -1.51. The van der Waals surface area contributed by atoms with Crippen LogP contribution in [-0.2, 0) is 0 Å². The first kappa shape index (κ1) is 10.6. The molecule has 3 heteroatoms. The molecule has 1 aromatic rings. The van der Waals surface area contributed by atoms with Crippen LogP contribution in [0.25, 0.3) is 0 Å². The van der Waals surface area contributed by atoms with E-state index in [9.17, 15) is 0 Å². The molecule has 0 spiro atoms. The summed E-state index contributed by atoms with van der Waals surface area (Å²) in [4.78, 5) is 3.96. The highest BCUT2D eigenvalue weighted by atomic mass is 16.5. The van der Waals surface area contributed by atoms with Crippen molar-refractivity contribution < 1.29 is 4.74 Å². The van der Waals surface area contributed by atoms with E-state index in [2.05, 4.69) is 11.1 Å². The monoisotopic (exact) mass is 192 g/mol. The lowest BCUT2D eigenvalue weighted by Gasteiger charge is -2.11. The highest BCUT2D eigenvalue weighted by Gasteiger charge is 2.09. The second kappa shape index (κ2) is 4.13. The van der Waals surface area contributed by atoms with Crippen LogP contribution in [0.15, 0.2) is 17.1 Å². The zero-order chi connectivity index (χ0) is 10.7. The van der Waals surface area contributed by atoms with Gasteiger partial charge in [0.1, 0.15) is 11.6 Å². The summed E-state index contributed by atoms with van der Waals surface area (Å²) in [6.07, 6.45) is 0. The molecule has 14 heavy (non-hydrogen) atoms. The van der Waals surface area contributed by atoms with Crippen molar-refractivity contribution in [3.63, 3.8) is 0 Å². The number of nitrogens with two attached hydrogens (primary N) is 1. The average Bonchev–Trinajstić information content (AvgIpc) is 2.15. The van der Waals surface area contributed by atoms with E-state index in [0.29, 0.717) is 5.84 Å². The third kappa shape index (κ3) is 1.87. The van der Waals surface area contributed by atoms with Gasteiger partial charge in [0, 0.05) is 7.05 Å². The molecule has 0 aliphatic carbocycles. The molecule has 0 aliphatic rings. The minimum atomic E-state index is 0.508. The van der Waals surface area contributed by atoms with E-state index in [4.69, 9.17) is 10.5 Å². The lowest BCUT2D eigenvalue weighted by Crippen LogP contribution is -2.15. The minimum Gasteiger partial charge on any atom is -0.496 e. The molecule has 2 N–H and O–H groups in total. The summed E-state index contributed by atoms with van der Waals surface area (Å²) in [5.74, 6) is 1.31. The lowest BCUT2D eigenvalue weighted by molar-refractivity contribution is 0.410. The molecule has 0 aromatic heterocycles. The van der Waals surface area contributed by atoms with Crippen LogP contribution in [0.5, 0.6) is 5.75 Å². The van der Waals surface area contributed by atoms with E-state index in [0.717, 1.165) is 22.4 Å². The van der Waals surface area contributed by atoms with Crippen molar-refractivity contribution in [1.82, 2.24) is 0 Å². The van der Waals surface area contributed by atoms with E-state index in [1.807, 2.05) is 19.9 Å². The van der Waals surface area contributed by atoms with Crippen LogP contribution >= 0.6 is 0 Å². The van der Waals surface area contributed by atoms with Crippen LogP contribution in [0.2, 0.25) is 0 Å². The Bertz CT molecular complexity index is 370. The first-order valence-corrected chi connectivity index (χ1v) is 4.48. The Balaban J connectivity index is 3.39. The molecule has 0 amide bonds.